The van der Waals surface area contributed by atoms with Crippen LogP contribution in [0.2, 0.25) is 0 Å². The third-order valence-electron chi connectivity index (χ3n) is 4.12. The number of piperidine rings is 1. The minimum Gasteiger partial charge on any atom is -0.456 e. The average Bonchev–Trinajstić information content (AvgIpc) is 2.95. The molecule has 7 heteroatoms. The van der Waals surface area contributed by atoms with Crippen molar-refractivity contribution in [2.75, 3.05) is 19.6 Å². The molecular weight excluding hydrogens is 282 g/mol. The fraction of sp³-hybridized carbons (Fsp3) is 0.571. The summed E-state index contributed by atoms with van der Waals surface area (Å²) in [7, 11) is 0. The summed E-state index contributed by atoms with van der Waals surface area (Å²) < 4.78 is 33.2. The average molecular weight is 298 g/mol. The summed E-state index contributed by atoms with van der Waals surface area (Å²) in [5, 5.41) is 2.59. The van der Waals surface area contributed by atoms with E-state index in [-0.39, 0.29) is 12.3 Å². The smallest absolute Gasteiger partial charge is 0.289 e. The second-order valence-electron chi connectivity index (χ2n) is 5.89. The predicted octanol–water partition coefficient (Wildman–Crippen LogP) is 1.58. The van der Waals surface area contributed by atoms with Gasteiger partial charge in [-0.05, 0) is 25.5 Å². The van der Waals surface area contributed by atoms with Crippen LogP contribution in [0.5, 0.6) is 0 Å². The summed E-state index contributed by atoms with van der Waals surface area (Å²) in [5.41, 5.74) is -1.18. The summed E-state index contributed by atoms with van der Waals surface area (Å²) in [4.78, 5) is 25.3. The number of rotatable bonds is 1. The first-order valence-electron chi connectivity index (χ1n) is 6.83. The maximum atomic E-state index is 14.0. The molecule has 21 heavy (non-hydrogen) atoms. The predicted molar refractivity (Wildman–Crippen MR) is 69.0 cm³/mol. The van der Waals surface area contributed by atoms with Crippen LogP contribution in [0.15, 0.2) is 16.5 Å². The molecule has 3 heterocycles. The molecule has 2 fully saturated rings. The lowest BCUT2D eigenvalue weighted by molar-refractivity contribution is -0.144. The molecule has 0 radical (unpaired) electrons. The lowest BCUT2D eigenvalue weighted by atomic mass is 9.77. The first-order chi connectivity index (χ1) is 9.81. The minimum absolute atomic E-state index is 0.00695. The third-order valence-corrected chi connectivity index (χ3v) is 4.12. The molecule has 0 bridgehead atoms. The number of aryl methyl sites for hydroxylation is 1. The molecule has 2 saturated heterocycles. The first-order valence-corrected chi connectivity index (χ1v) is 6.83. The number of carbonyl (C=O) groups is 2. The molecule has 1 N–H and O–H groups in total. The van der Waals surface area contributed by atoms with Crippen LogP contribution in [-0.2, 0) is 4.79 Å². The number of hydrogen-bond donors (Lipinski definition) is 1. The van der Waals surface area contributed by atoms with Crippen LogP contribution in [0.1, 0.15) is 29.2 Å². The lowest BCUT2D eigenvalue weighted by Gasteiger charge is -2.42. The molecule has 1 atom stereocenters. The van der Waals surface area contributed by atoms with Crippen molar-refractivity contribution in [2.24, 2.45) is 5.41 Å². The van der Waals surface area contributed by atoms with Crippen LogP contribution in [0.3, 0.4) is 0 Å². The highest BCUT2D eigenvalue weighted by Crippen LogP contribution is 2.43. The Morgan fingerprint density at radius 1 is 1.38 bits per heavy atom. The summed E-state index contributed by atoms with van der Waals surface area (Å²) in [6.45, 7) is 1.37. The largest absolute Gasteiger partial charge is 0.456 e. The number of carbonyl (C=O) groups excluding carboxylic acids is 2. The highest BCUT2D eigenvalue weighted by atomic mass is 19.3. The standard InChI is InChI=1S/C14H16F2N2O3/c1-9-2-3-10(21-9)11(19)18-7-13(4-5-17-12(13)20)6-14(15,16)8-18/h2-3H,4-8H2,1H3,(H,17,20). The first kappa shape index (κ1) is 14.0. The van der Waals surface area contributed by atoms with Gasteiger partial charge in [0.15, 0.2) is 5.76 Å². The number of hydrogen-bond acceptors (Lipinski definition) is 3. The van der Waals surface area contributed by atoms with E-state index in [1.54, 1.807) is 13.0 Å². The van der Waals surface area contributed by atoms with Crippen molar-refractivity contribution in [3.63, 3.8) is 0 Å². The summed E-state index contributed by atoms with van der Waals surface area (Å²) in [6, 6.07) is 3.07. The van der Waals surface area contributed by atoms with Gasteiger partial charge in [-0.25, -0.2) is 8.78 Å². The molecule has 2 amide bonds. The Hall–Kier alpha value is -1.92. The fourth-order valence-electron chi connectivity index (χ4n) is 3.19. The van der Waals surface area contributed by atoms with Gasteiger partial charge in [-0.2, -0.15) is 0 Å². The molecule has 2 aliphatic rings. The Bertz CT molecular complexity index is 599. The molecule has 114 valence electrons. The zero-order valence-corrected chi connectivity index (χ0v) is 11.6. The number of furan rings is 1. The van der Waals surface area contributed by atoms with Crippen molar-refractivity contribution in [3.8, 4) is 0 Å². The van der Waals surface area contributed by atoms with E-state index in [0.717, 1.165) is 4.90 Å². The quantitative estimate of drug-likeness (QED) is 0.856. The van der Waals surface area contributed by atoms with E-state index in [2.05, 4.69) is 5.32 Å². The Morgan fingerprint density at radius 2 is 2.14 bits per heavy atom. The van der Waals surface area contributed by atoms with Gasteiger partial charge >= 0.3 is 0 Å². The normalized spacial score (nSPS) is 28.0. The molecule has 0 aliphatic carbocycles. The summed E-state index contributed by atoms with van der Waals surface area (Å²) >= 11 is 0. The van der Waals surface area contributed by atoms with Gasteiger partial charge in [0.2, 0.25) is 5.91 Å². The Kier molecular flexibility index (Phi) is 3.04. The monoisotopic (exact) mass is 298 g/mol. The minimum atomic E-state index is -3.07. The maximum Gasteiger partial charge on any atom is 0.289 e. The number of likely N-dealkylation sites (tertiary alicyclic amines) is 1. The molecule has 0 saturated carbocycles. The van der Waals surface area contributed by atoms with Gasteiger partial charge in [-0.3, -0.25) is 9.59 Å². The van der Waals surface area contributed by atoms with Crippen molar-refractivity contribution in [1.82, 2.24) is 10.2 Å². The van der Waals surface area contributed by atoms with Gasteiger partial charge in [0.05, 0.1) is 12.0 Å². The molecule has 3 rings (SSSR count). The van der Waals surface area contributed by atoms with Crippen molar-refractivity contribution in [3.05, 3.63) is 23.7 Å². The topological polar surface area (TPSA) is 62.6 Å². The summed E-state index contributed by atoms with van der Waals surface area (Å²) in [6.07, 6.45) is -0.185. The summed E-state index contributed by atoms with van der Waals surface area (Å²) in [5.74, 6) is -3.50. The van der Waals surface area contributed by atoms with Gasteiger partial charge in [-0.1, -0.05) is 0 Å². The van der Waals surface area contributed by atoms with E-state index >= 15 is 0 Å². The highest BCUT2D eigenvalue weighted by molar-refractivity contribution is 5.93. The number of alkyl halides is 2. The maximum absolute atomic E-state index is 14.0. The van der Waals surface area contributed by atoms with Crippen LogP contribution in [0, 0.1) is 12.3 Å². The van der Waals surface area contributed by atoms with Crippen molar-refractivity contribution in [2.45, 2.75) is 25.7 Å². The lowest BCUT2D eigenvalue weighted by Crippen LogP contribution is -2.56. The molecule has 2 aliphatic heterocycles. The van der Waals surface area contributed by atoms with Gasteiger partial charge in [0.1, 0.15) is 5.76 Å². The van der Waals surface area contributed by atoms with Crippen LogP contribution < -0.4 is 5.32 Å². The van der Waals surface area contributed by atoms with Gasteiger partial charge < -0.3 is 14.6 Å². The van der Waals surface area contributed by atoms with Crippen molar-refractivity contribution in [1.29, 1.82) is 0 Å². The molecule has 5 nitrogen and oxygen atoms in total. The zero-order valence-electron chi connectivity index (χ0n) is 11.6. The van der Waals surface area contributed by atoms with E-state index in [0.29, 0.717) is 18.7 Å². The van der Waals surface area contributed by atoms with Gasteiger partial charge in [0.25, 0.3) is 11.8 Å². The molecular formula is C14H16F2N2O3. The number of halogens is 2. The molecule has 1 spiro atoms. The Morgan fingerprint density at radius 3 is 2.71 bits per heavy atom. The number of amides is 2. The number of nitrogens with zero attached hydrogens (tertiary/aromatic N) is 1. The molecule has 0 aromatic carbocycles. The van der Waals surface area contributed by atoms with E-state index in [1.165, 1.54) is 6.07 Å². The molecule has 1 unspecified atom stereocenters. The number of nitrogens with one attached hydrogen (secondary N) is 1. The van der Waals surface area contributed by atoms with Crippen LogP contribution in [0.25, 0.3) is 0 Å². The van der Waals surface area contributed by atoms with Crippen LogP contribution in [-0.4, -0.2) is 42.3 Å². The second kappa shape index (κ2) is 4.54. The van der Waals surface area contributed by atoms with Crippen molar-refractivity contribution < 1.29 is 22.8 Å². The molecule has 1 aromatic rings. The Balaban J connectivity index is 1.88. The highest BCUT2D eigenvalue weighted by Gasteiger charge is 2.55. The fourth-order valence-corrected chi connectivity index (χ4v) is 3.19. The third kappa shape index (κ3) is 2.41. The van der Waals surface area contributed by atoms with Gasteiger partial charge in [0, 0.05) is 19.5 Å². The molecule has 1 aromatic heterocycles. The second-order valence-corrected chi connectivity index (χ2v) is 5.89. The van der Waals surface area contributed by atoms with Crippen LogP contribution >= 0.6 is 0 Å². The van der Waals surface area contributed by atoms with E-state index in [4.69, 9.17) is 4.42 Å². The van der Waals surface area contributed by atoms with Crippen molar-refractivity contribution >= 4 is 11.8 Å². The zero-order chi connectivity index (χ0) is 15.3. The van der Waals surface area contributed by atoms with E-state index in [1.807, 2.05) is 0 Å². The van der Waals surface area contributed by atoms with E-state index < -0.39 is 36.1 Å². The Labute approximate surface area is 120 Å². The van der Waals surface area contributed by atoms with Crippen LogP contribution in [0.4, 0.5) is 8.78 Å². The SMILES string of the molecule is Cc1ccc(C(=O)N2CC(F)(F)CC3(CCNC3=O)C2)o1. The van der Waals surface area contributed by atoms with Gasteiger partial charge in [-0.15, -0.1) is 0 Å². The van der Waals surface area contributed by atoms with E-state index in [9.17, 15) is 18.4 Å².